The second-order valence-electron chi connectivity index (χ2n) is 6.71. The largest absolute Gasteiger partial charge is 0.377 e. The Labute approximate surface area is 142 Å². The SMILES string of the molecule is O=C(NC1CC1)C(=O)N1CCN(S(=O)(=O)CC2CCCCO2)CC1. The number of hydrogen-bond acceptors (Lipinski definition) is 5. The van der Waals surface area contributed by atoms with Crippen molar-refractivity contribution in [2.45, 2.75) is 44.2 Å². The molecule has 24 heavy (non-hydrogen) atoms. The zero-order valence-corrected chi connectivity index (χ0v) is 14.6. The number of rotatable bonds is 4. The van der Waals surface area contributed by atoms with Gasteiger partial charge in [0.25, 0.3) is 0 Å². The molecule has 1 saturated carbocycles. The first-order valence-electron chi connectivity index (χ1n) is 8.65. The van der Waals surface area contributed by atoms with Gasteiger partial charge in [-0.25, -0.2) is 8.42 Å². The van der Waals surface area contributed by atoms with Gasteiger partial charge in [0.2, 0.25) is 10.0 Å². The second-order valence-corrected chi connectivity index (χ2v) is 8.72. The Morgan fingerprint density at radius 3 is 2.33 bits per heavy atom. The lowest BCUT2D eigenvalue weighted by atomic mass is 10.1. The molecule has 3 rings (SSSR count). The van der Waals surface area contributed by atoms with Gasteiger partial charge in [0.15, 0.2) is 0 Å². The van der Waals surface area contributed by atoms with E-state index < -0.39 is 21.8 Å². The van der Waals surface area contributed by atoms with Crippen molar-refractivity contribution in [3.05, 3.63) is 0 Å². The molecule has 0 radical (unpaired) electrons. The Kier molecular flexibility index (Phi) is 5.41. The Morgan fingerprint density at radius 2 is 1.75 bits per heavy atom. The first kappa shape index (κ1) is 17.6. The molecule has 0 aromatic rings. The molecule has 0 spiro atoms. The van der Waals surface area contributed by atoms with E-state index in [0.29, 0.717) is 6.61 Å². The molecule has 2 saturated heterocycles. The van der Waals surface area contributed by atoms with E-state index in [4.69, 9.17) is 4.74 Å². The number of carbonyl (C=O) groups is 2. The van der Waals surface area contributed by atoms with Crippen molar-refractivity contribution >= 4 is 21.8 Å². The third-order valence-electron chi connectivity index (χ3n) is 4.70. The number of piperazine rings is 1. The van der Waals surface area contributed by atoms with Crippen LogP contribution in [-0.2, 0) is 24.3 Å². The lowest BCUT2D eigenvalue weighted by Crippen LogP contribution is -2.54. The molecule has 136 valence electrons. The van der Waals surface area contributed by atoms with Gasteiger partial charge < -0.3 is 15.0 Å². The van der Waals surface area contributed by atoms with Crippen molar-refractivity contribution in [2.24, 2.45) is 0 Å². The van der Waals surface area contributed by atoms with Crippen molar-refractivity contribution in [1.82, 2.24) is 14.5 Å². The molecule has 0 bridgehead atoms. The average molecular weight is 359 g/mol. The minimum Gasteiger partial charge on any atom is -0.377 e. The molecule has 1 unspecified atom stereocenters. The summed E-state index contributed by atoms with van der Waals surface area (Å²) >= 11 is 0. The second kappa shape index (κ2) is 7.37. The summed E-state index contributed by atoms with van der Waals surface area (Å²) in [6.45, 7) is 1.59. The van der Waals surface area contributed by atoms with E-state index in [2.05, 4.69) is 5.32 Å². The normalized spacial score (nSPS) is 26.2. The summed E-state index contributed by atoms with van der Waals surface area (Å²) in [5.74, 6) is -1.14. The molecule has 1 aliphatic carbocycles. The number of amides is 2. The van der Waals surface area contributed by atoms with E-state index in [1.807, 2.05) is 0 Å². The number of ether oxygens (including phenoxy) is 1. The smallest absolute Gasteiger partial charge is 0.311 e. The average Bonchev–Trinajstić information content (AvgIpc) is 3.39. The molecular formula is C15H25N3O5S. The van der Waals surface area contributed by atoms with Crippen molar-refractivity contribution in [2.75, 3.05) is 38.5 Å². The maximum Gasteiger partial charge on any atom is 0.311 e. The van der Waals surface area contributed by atoms with Gasteiger partial charge in [-0.1, -0.05) is 0 Å². The fourth-order valence-corrected chi connectivity index (χ4v) is 4.73. The topological polar surface area (TPSA) is 96.0 Å². The molecule has 1 atom stereocenters. The van der Waals surface area contributed by atoms with Gasteiger partial charge in [-0.3, -0.25) is 9.59 Å². The van der Waals surface area contributed by atoms with Crippen LogP contribution in [-0.4, -0.2) is 80.1 Å². The minimum atomic E-state index is -3.39. The predicted molar refractivity (Wildman–Crippen MR) is 86.7 cm³/mol. The molecule has 2 aliphatic heterocycles. The summed E-state index contributed by atoms with van der Waals surface area (Å²) in [5.41, 5.74) is 0. The molecule has 2 amide bonds. The molecule has 0 aromatic carbocycles. The van der Waals surface area contributed by atoms with Crippen LogP contribution in [0.15, 0.2) is 0 Å². The first-order chi connectivity index (χ1) is 11.5. The van der Waals surface area contributed by atoms with Gasteiger partial charge >= 0.3 is 11.8 Å². The lowest BCUT2D eigenvalue weighted by Gasteiger charge is -2.34. The van der Waals surface area contributed by atoms with E-state index in [-0.39, 0.29) is 44.1 Å². The summed E-state index contributed by atoms with van der Waals surface area (Å²) in [5, 5.41) is 2.67. The highest BCUT2D eigenvalue weighted by molar-refractivity contribution is 7.89. The van der Waals surface area contributed by atoms with Gasteiger partial charge in [-0.2, -0.15) is 4.31 Å². The summed E-state index contributed by atoms with van der Waals surface area (Å²) in [6, 6.07) is 0.138. The Balaban J connectivity index is 1.48. The van der Waals surface area contributed by atoms with Gasteiger partial charge in [-0.15, -0.1) is 0 Å². The van der Waals surface area contributed by atoms with Gasteiger partial charge in [-0.05, 0) is 32.1 Å². The van der Waals surface area contributed by atoms with Gasteiger partial charge in [0.05, 0.1) is 11.9 Å². The van der Waals surface area contributed by atoms with Crippen LogP contribution in [0.1, 0.15) is 32.1 Å². The highest BCUT2D eigenvalue weighted by Crippen LogP contribution is 2.19. The quantitative estimate of drug-likeness (QED) is 0.670. The fourth-order valence-electron chi connectivity index (χ4n) is 3.07. The van der Waals surface area contributed by atoms with Crippen LogP contribution >= 0.6 is 0 Å². The molecule has 2 heterocycles. The molecule has 8 nitrogen and oxygen atoms in total. The number of sulfonamides is 1. The molecular weight excluding hydrogens is 334 g/mol. The van der Waals surface area contributed by atoms with Crippen molar-refractivity contribution in [1.29, 1.82) is 0 Å². The minimum absolute atomic E-state index is 0.00309. The molecule has 0 aromatic heterocycles. The van der Waals surface area contributed by atoms with Crippen LogP contribution in [0.3, 0.4) is 0 Å². The van der Waals surface area contributed by atoms with Crippen LogP contribution in [0.5, 0.6) is 0 Å². The number of hydrogen-bond donors (Lipinski definition) is 1. The Hall–Kier alpha value is -1.19. The summed E-state index contributed by atoms with van der Waals surface area (Å²) in [4.78, 5) is 25.3. The van der Waals surface area contributed by atoms with Crippen molar-refractivity contribution < 1.29 is 22.7 Å². The molecule has 1 N–H and O–H groups in total. The molecule has 3 fully saturated rings. The lowest BCUT2D eigenvalue weighted by molar-refractivity contribution is -0.146. The van der Waals surface area contributed by atoms with E-state index >= 15 is 0 Å². The maximum atomic E-state index is 12.5. The van der Waals surface area contributed by atoms with Crippen LogP contribution in [0.2, 0.25) is 0 Å². The van der Waals surface area contributed by atoms with Gasteiger partial charge in [0, 0.05) is 38.8 Å². The first-order valence-corrected chi connectivity index (χ1v) is 10.3. The predicted octanol–water partition coefficient (Wildman–Crippen LogP) is -0.692. The third-order valence-corrected chi connectivity index (χ3v) is 6.64. The van der Waals surface area contributed by atoms with E-state index in [1.165, 1.54) is 9.21 Å². The monoisotopic (exact) mass is 359 g/mol. The number of carbonyl (C=O) groups excluding carboxylic acids is 2. The number of nitrogens with zero attached hydrogens (tertiary/aromatic N) is 2. The number of nitrogens with one attached hydrogen (secondary N) is 1. The highest BCUT2D eigenvalue weighted by Gasteiger charge is 2.34. The summed E-state index contributed by atoms with van der Waals surface area (Å²) in [6.07, 6.45) is 4.38. The highest BCUT2D eigenvalue weighted by atomic mass is 32.2. The standard InChI is InChI=1S/C15H25N3O5S/c19-14(16-12-4-5-12)15(20)17-6-8-18(9-7-17)24(21,22)11-13-3-1-2-10-23-13/h12-13H,1-11H2,(H,16,19). The summed E-state index contributed by atoms with van der Waals surface area (Å²) < 4.78 is 31.9. The summed E-state index contributed by atoms with van der Waals surface area (Å²) in [7, 11) is -3.39. The van der Waals surface area contributed by atoms with Crippen molar-refractivity contribution in [3.8, 4) is 0 Å². The van der Waals surface area contributed by atoms with Crippen LogP contribution in [0.4, 0.5) is 0 Å². The van der Waals surface area contributed by atoms with Crippen LogP contribution in [0.25, 0.3) is 0 Å². The zero-order valence-electron chi connectivity index (χ0n) is 13.8. The Bertz CT molecular complexity index is 576. The third kappa shape index (κ3) is 4.46. The van der Waals surface area contributed by atoms with E-state index in [1.54, 1.807) is 0 Å². The van der Waals surface area contributed by atoms with Crippen molar-refractivity contribution in [3.63, 3.8) is 0 Å². The van der Waals surface area contributed by atoms with E-state index in [0.717, 1.165) is 32.1 Å². The van der Waals surface area contributed by atoms with Crippen LogP contribution < -0.4 is 5.32 Å². The maximum absolute atomic E-state index is 12.5. The fraction of sp³-hybridized carbons (Fsp3) is 0.867. The molecule has 3 aliphatic rings. The zero-order chi connectivity index (χ0) is 17.2. The van der Waals surface area contributed by atoms with Crippen LogP contribution in [0, 0.1) is 0 Å². The Morgan fingerprint density at radius 1 is 1.04 bits per heavy atom. The molecule has 9 heteroatoms. The van der Waals surface area contributed by atoms with E-state index in [9.17, 15) is 18.0 Å². The van der Waals surface area contributed by atoms with Gasteiger partial charge in [0.1, 0.15) is 0 Å².